The van der Waals surface area contributed by atoms with Gasteiger partial charge in [-0.15, -0.1) is 0 Å². The van der Waals surface area contributed by atoms with E-state index in [4.69, 9.17) is 4.74 Å². The molecule has 4 rings (SSSR count). The quantitative estimate of drug-likeness (QED) is 0.174. The van der Waals surface area contributed by atoms with E-state index in [9.17, 15) is 19.6 Å². The minimum atomic E-state index is -0.864. The third-order valence-corrected chi connectivity index (χ3v) is 7.90. The molecule has 236 valence electrons. The second-order valence-electron chi connectivity index (χ2n) is 12.9. The standard InChI is InChI=1S/C32H44N8O4/c1-18(2)12-24(38-31(43)25-15-21-22(36-25)8-7-9-27(21)44-6)30(42)37-23(13-19-10-11-34-29(19)41)26(16-33)35-17-20-14-28(40-39-20)32(3,4)5/h7-9,14-15,18-19,23-24,26,35-36H,10-13,17H2,1-6H3,(H,34,41)(H,37,42)(H,38,43)(H,39,40). The molecular formula is C32H44N8O4. The van der Waals surface area contributed by atoms with Crippen LogP contribution in [0.5, 0.6) is 5.75 Å². The van der Waals surface area contributed by atoms with Gasteiger partial charge in [0.05, 0.1) is 24.9 Å². The SMILES string of the molecule is COc1cccc2[nH]c(C(=O)NC(CC(C)C)C(=O)NC(CC3CCNC3=O)C(C#N)NCc3cc(C(C)(C)C)n[nH]3)cc12. The number of amides is 3. The number of benzene rings is 1. The van der Waals surface area contributed by atoms with Crippen LogP contribution in [0, 0.1) is 23.2 Å². The summed E-state index contributed by atoms with van der Waals surface area (Å²) < 4.78 is 5.41. The molecule has 44 heavy (non-hydrogen) atoms. The molecule has 1 aliphatic rings. The highest BCUT2D eigenvalue weighted by atomic mass is 16.5. The molecule has 0 radical (unpaired) electrons. The van der Waals surface area contributed by atoms with Crippen LogP contribution in [0.2, 0.25) is 0 Å². The van der Waals surface area contributed by atoms with Crippen molar-refractivity contribution >= 4 is 28.6 Å². The first-order valence-electron chi connectivity index (χ1n) is 15.1. The molecule has 1 aromatic carbocycles. The van der Waals surface area contributed by atoms with E-state index in [0.717, 1.165) is 22.3 Å². The minimum absolute atomic E-state index is 0.0920. The van der Waals surface area contributed by atoms with Gasteiger partial charge in [0.1, 0.15) is 23.5 Å². The Morgan fingerprint density at radius 3 is 2.59 bits per heavy atom. The summed E-state index contributed by atoms with van der Waals surface area (Å²) in [5.41, 5.74) is 2.61. The zero-order chi connectivity index (χ0) is 32.0. The highest BCUT2D eigenvalue weighted by Gasteiger charge is 2.34. The Balaban J connectivity index is 1.51. The first kappa shape index (κ1) is 32.5. The average Bonchev–Trinajstić information content (AvgIpc) is 3.72. The number of nitriles is 1. The molecule has 12 heteroatoms. The molecule has 1 fully saturated rings. The van der Waals surface area contributed by atoms with Gasteiger partial charge in [0.2, 0.25) is 11.8 Å². The summed E-state index contributed by atoms with van der Waals surface area (Å²) in [7, 11) is 1.57. The molecule has 3 aromatic rings. The van der Waals surface area contributed by atoms with Gasteiger partial charge in [-0.05, 0) is 49.4 Å². The van der Waals surface area contributed by atoms with Crippen LogP contribution >= 0.6 is 0 Å². The monoisotopic (exact) mass is 604 g/mol. The van der Waals surface area contributed by atoms with E-state index in [2.05, 4.69) is 63.3 Å². The fraction of sp³-hybridized carbons (Fsp3) is 0.531. The van der Waals surface area contributed by atoms with E-state index < -0.39 is 29.9 Å². The largest absolute Gasteiger partial charge is 0.496 e. The highest BCUT2D eigenvalue weighted by Crippen LogP contribution is 2.26. The minimum Gasteiger partial charge on any atom is -0.496 e. The maximum atomic E-state index is 13.8. The number of hydrogen-bond donors (Lipinski definition) is 6. The van der Waals surface area contributed by atoms with Crippen molar-refractivity contribution in [3.05, 3.63) is 47.4 Å². The second kappa shape index (κ2) is 13.9. The smallest absolute Gasteiger partial charge is 0.268 e. The van der Waals surface area contributed by atoms with E-state index in [1.54, 1.807) is 13.2 Å². The zero-order valence-electron chi connectivity index (χ0n) is 26.3. The van der Waals surface area contributed by atoms with Crippen molar-refractivity contribution in [2.24, 2.45) is 11.8 Å². The summed E-state index contributed by atoms with van der Waals surface area (Å²) in [6, 6.07) is 9.07. The third-order valence-electron chi connectivity index (χ3n) is 7.90. The molecule has 1 aliphatic heterocycles. The number of hydrogen-bond acceptors (Lipinski definition) is 7. The number of methoxy groups -OCH3 is 1. The first-order valence-corrected chi connectivity index (χ1v) is 15.1. The number of aromatic nitrogens is 3. The van der Waals surface area contributed by atoms with Crippen LogP contribution in [0.4, 0.5) is 0 Å². The summed E-state index contributed by atoms with van der Waals surface area (Å²) in [4.78, 5) is 42.7. The van der Waals surface area contributed by atoms with Crippen molar-refractivity contribution < 1.29 is 19.1 Å². The number of rotatable bonds is 13. The lowest BCUT2D eigenvalue weighted by Crippen LogP contribution is -2.56. The van der Waals surface area contributed by atoms with Crippen LogP contribution < -0.4 is 26.0 Å². The molecule has 6 N–H and O–H groups in total. The van der Waals surface area contributed by atoms with Gasteiger partial charge >= 0.3 is 0 Å². The summed E-state index contributed by atoms with van der Waals surface area (Å²) in [5.74, 6) is -0.548. The molecule has 3 amide bonds. The van der Waals surface area contributed by atoms with E-state index in [-0.39, 0.29) is 29.6 Å². The van der Waals surface area contributed by atoms with Gasteiger partial charge in [0.15, 0.2) is 0 Å². The third kappa shape index (κ3) is 7.96. The fourth-order valence-corrected chi connectivity index (χ4v) is 5.44. The predicted molar refractivity (Wildman–Crippen MR) is 167 cm³/mol. The number of carbonyl (C=O) groups excluding carboxylic acids is 3. The van der Waals surface area contributed by atoms with Crippen LogP contribution in [0.1, 0.15) is 75.8 Å². The summed E-state index contributed by atoms with van der Waals surface area (Å²) in [6.45, 7) is 11.0. The molecular weight excluding hydrogens is 560 g/mol. The summed E-state index contributed by atoms with van der Waals surface area (Å²) >= 11 is 0. The lowest BCUT2D eigenvalue weighted by atomic mass is 9.92. The Morgan fingerprint density at radius 2 is 1.98 bits per heavy atom. The van der Waals surface area contributed by atoms with Crippen molar-refractivity contribution in [2.75, 3.05) is 13.7 Å². The fourth-order valence-electron chi connectivity index (χ4n) is 5.44. The predicted octanol–water partition coefficient (Wildman–Crippen LogP) is 3.03. The van der Waals surface area contributed by atoms with Crippen LogP contribution in [-0.2, 0) is 21.5 Å². The molecule has 2 aromatic heterocycles. The zero-order valence-corrected chi connectivity index (χ0v) is 26.3. The first-order chi connectivity index (χ1) is 20.9. The second-order valence-corrected chi connectivity index (χ2v) is 12.9. The summed E-state index contributed by atoms with van der Waals surface area (Å²) in [5, 5.41) is 30.3. The van der Waals surface area contributed by atoms with Crippen LogP contribution in [0.3, 0.4) is 0 Å². The Morgan fingerprint density at radius 1 is 1.20 bits per heavy atom. The topological polar surface area (TPSA) is 177 Å². The highest BCUT2D eigenvalue weighted by molar-refractivity contribution is 6.01. The number of ether oxygens (including phenoxy) is 1. The van der Waals surface area contributed by atoms with Crippen LogP contribution in [0.25, 0.3) is 10.9 Å². The molecule has 0 aliphatic carbocycles. The molecule has 0 saturated carbocycles. The van der Waals surface area contributed by atoms with E-state index in [1.165, 1.54) is 0 Å². The Bertz CT molecular complexity index is 1510. The Labute approximate surface area is 258 Å². The van der Waals surface area contributed by atoms with Gasteiger partial charge in [-0.2, -0.15) is 10.4 Å². The van der Waals surface area contributed by atoms with E-state index >= 15 is 0 Å². The molecule has 0 bridgehead atoms. The number of aromatic amines is 2. The number of nitrogens with zero attached hydrogens (tertiary/aromatic N) is 2. The molecule has 1 saturated heterocycles. The molecule has 3 heterocycles. The lowest BCUT2D eigenvalue weighted by molar-refractivity contribution is -0.126. The van der Waals surface area contributed by atoms with Gasteiger partial charge in [-0.3, -0.25) is 24.8 Å². The van der Waals surface area contributed by atoms with Crippen LogP contribution in [0.15, 0.2) is 30.3 Å². The van der Waals surface area contributed by atoms with Crippen LogP contribution in [-0.4, -0.2) is 64.7 Å². The van der Waals surface area contributed by atoms with Gasteiger partial charge < -0.3 is 25.7 Å². The number of fused-ring (bicyclic) bond motifs is 1. The maximum absolute atomic E-state index is 13.8. The van der Waals surface area contributed by atoms with Gasteiger partial charge in [0.25, 0.3) is 5.91 Å². The molecule has 4 unspecified atom stereocenters. The molecule has 0 spiro atoms. The van der Waals surface area contributed by atoms with Crippen molar-refractivity contribution in [3.63, 3.8) is 0 Å². The van der Waals surface area contributed by atoms with Crippen molar-refractivity contribution in [3.8, 4) is 11.8 Å². The van der Waals surface area contributed by atoms with Gasteiger partial charge in [0, 0.05) is 41.0 Å². The normalized spacial score (nSPS) is 17.1. The molecule has 4 atom stereocenters. The van der Waals surface area contributed by atoms with E-state index in [0.29, 0.717) is 37.4 Å². The number of H-pyrrole nitrogens is 2. The van der Waals surface area contributed by atoms with Gasteiger partial charge in [-0.25, -0.2) is 0 Å². The van der Waals surface area contributed by atoms with Crippen molar-refractivity contribution in [1.82, 2.24) is 36.4 Å². The van der Waals surface area contributed by atoms with Crippen molar-refractivity contribution in [2.45, 2.75) is 84.0 Å². The lowest BCUT2D eigenvalue weighted by Gasteiger charge is -2.28. The number of nitrogens with one attached hydrogen (secondary N) is 6. The summed E-state index contributed by atoms with van der Waals surface area (Å²) in [6.07, 6.45) is 1.28. The average molecular weight is 605 g/mol. The Kier molecular flexibility index (Phi) is 10.3. The Hall–Kier alpha value is -4.37. The van der Waals surface area contributed by atoms with Gasteiger partial charge in [-0.1, -0.05) is 40.7 Å². The van der Waals surface area contributed by atoms with Crippen molar-refractivity contribution in [1.29, 1.82) is 5.26 Å². The molecule has 12 nitrogen and oxygen atoms in total. The number of carbonyl (C=O) groups is 3. The van der Waals surface area contributed by atoms with E-state index in [1.807, 2.05) is 38.1 Å². The maximum Gasteiger partial charge on any atom is 0.268 e.